The lowest BCUT2D eigenvalue weighted by molar-refractivity contribution is -0.0436. The number of alkyl halides is 3. The van der Waals surface area contributed by atoms with Crippen LogP contribution < -0.4 is 4.90 Å². The zero-order chi connectivity index (χ0) is 24.5. The predicted octanol–water partition coefficient (Wildman–Crippen LogP) is 2.04. The molecule has 8 nitrogen and oxygen atoms in total. The Hall–Kier alpha value is -2.70. The second-order valence-corrected chi connectivity index (χ2v) is 10.5. The fourth-order valence-corrected chi connectivity index (χ4v) is 4.84. The lowest BCUT2D eigenvalue weighted by Gasteiger charge is -2.32. The normalized spacial score (nSPS) is 18.5. The fourth-order valence-electron chi connectivity index (χ4n) is 4.07. The molecule has 2 aliphatic rings. The van der Waals surface area contributed by atoms with Crippen molar-refractivity contribution in [1.82, 2.24) is 19.7 Å². The van der Waals surface area contributed by atoms with Gasteiger partial charge >= 0.3 is 5.51 Å². The van der Waals surface area contributed by atoms with Crippen LogP contribution >= 0.6 is 0 Å². The van der Waals surface area contributed by atoms with Crippen molar-refractivity contribution in [3.63, 3.8) is 0 Å². The summed E-state index contributed by atoms with van der Waals surface area (Å²) in [4.78, 5) is 24.4. The van der Waals surface area contributed by atoms with Gasteiger partial charge in [0.2, 0.25) is 0 Å². The number of carbonyl (C=O) groups is 1. The average Bonchev–Trinajstić information content (AvgIpc) is 3.27. The minimum absolute atomic E-state index is 0.0769. The van der Waals surface area contributed by atoms with Crippen LogP contribution in [0.25, 0.3) is 0 Å². The molecule has 0 aliphatic carbocycles. The minimum atomic E-state index is -5.36. The summed E-state index contributed by atoms with van der Waals surface area (Å²) in [5.41, 5.74) is -3.32. The molecule has 2 aliphatic heterocycles. The third-order valence-corrected chi connectivity index (χ3v) is 7.62. The molecule has 4 rings (SSSR count). The van der Waals surface area contributed by atoms with Crippen molar-refractivity contribution in [2.24, 2.45) is 0 Å². The highest BCUT2D eigenvalue weighted by Crippen LogP contribution is 2.31. The Morgan fingerprint density at radius 3 is 2.32 bits per heavy atom. The number of amides is 1. The van der Waals surface area contributed by atoms with Gasteiger partial charge in [0, 0.05) is 57.7 Å². The van der Waals surface area contributed by atoms with Gasteiger partial charge in [-0.05, 0) is 49.0 Å². The summed E-state index contributed by atoms with van der Waals surface area (Å²) in [6, 6.07) is 8.42. The van der Waals surface area contributed by atoms with E-state index in [-0.39, 0.29) is 5.91 Å². The molecule has 2 fully saturated rings. The van der Waals surface area contributed by atoms with E-state index in [9.17, 15) is 26.4 Å². The first-order chi connectivity index (χ1) is 16.0. The molecule has 0 bridgehead atoms. The lowest BCUT2D eigenvalue weighted by Crippen LogP contribution is -2.47. The summed E-state index contributed by atoms with van der Waals surface area (Å²) in [6.45, 7) is 5.47. The van der Waals surface area contributed by atoms with Gasteiger partial charge in [-0.25, -0.2) is 8.42 Å². The van der Waals surface area contributed by atoms with Crippen molar-refractivity contribution < 1.29 is 26.4 Å². The van der Waals surface area contributed by atoms with Crippen LogP contribution in [0.5, 0.6) is 0 Å². The van der Waals surface area contributed by atoms with Gasteiger partial charge in [0.25, 0.3) is 15.7 Å². The van der Waals surface area contributed by atoms with Gasteiger partial charge in [0.1, 0.15) is 5.69 Å². The number of likely N-dealkylation sites (N-methyl/N-ethyl adjacent to an activating group) is 1. The minimum Gasteiger partial charge on any atom is -0.357 e. The molecule has 2 aromatic rings. The van der Waals surface area contributed by atoms with E-state index in [1.807, 2.05) is 22.9 Å². The number of hydrogen-bond acceptors (Lipinski definition) is 7. The van der Waals surface area contributed by atoms with Crippen molar-refractivity contribution in [3.8, 4) is 0 Å². The molecular formula is C22H26F3N5O3S. The fraction of sp³-hybridized carbons (Fsp3) is 0.455. The maximum absolute atomic E-state index is 12.8. The third kappa shape index (κ3) is 5.18. The highest BCUT2D eigenvalue weighted by atomic mass is 32.2. The first-order valence-corrected chi connectivity index (χ1v) is 12.3. The molecule has 0 spiro atoms. The predicted molar refractivity (Wildman–Crippen MR) is 120 cm³/mol. The molecule has 1 amide bonds. The Morgan fingerprint density at radius 2 is 1.68 bits per heavy atom. The number of anilines is 1. The third-order valence-electron chi connectivity index (χ3n) is 6.11. The molecular weight excluding hydrogens is 471 g/mol. The van der Waals surface area contributed by atoms with Gasteiger partial charge in [-0.3, -0.25) is 14.7 Å². The van der Waals surface area contributed by atoms with Crippen LogP contribution in [0.15, 0.2) is 47.5 Å². The number of halogens is 3. The first-order valence-electron chi connectivity index (χ1n) is 10.9. The molecule has 184 valence electrons. The number of pyridine rings is 1. The van der Waals surface area contributed by atoms with Crippen molar-refractivity contribution >= 4 is 21.4 Å². The number of hydrogen-bond donors (Lipinski definition) is 0. The molecule has 34 heavy (non-hydrogen) atoms. The summed E-state index contributed by atoms with van der Waals surface area (Å²) in [5, 5.41) is 0. The second kappa shape index (κ2) is 9.51. The summed E-state index contributed by atoms with van der Waals surface area (Å²) in [6.07, 6.45) is 1.63. The summed E-state index contributed by atoms with van der Waals surface area (Å²) < 4.78 is 61.3. The second-order valence-electron chi connectivity index (χ2n) is 8.55. The Bertz CT molecular complexity index is 1130. The molecule has 0 radical (unpaired) electrons. The number of rotatable bonds is 5. The van der Waals surface area contributed by atoms with E-state index < -0.39 is 20.2 Å². The van der Waals surface area contributed by atoms with Crippen LogP contribution in [0.2, 0.25) is 0 Å². The largest absolute Gasteiger partial charge is 0.501 e. The van der Waals surface area contributed by atoms with Crippen molar-refractivity contribution in [1.29, 1.82) is 0 Å². The molecule has 0 unspecified atom stereocenters. The van der Waals surface area contributed by atoms with E-state index in [4.69, 9.17) is 0 Å². The SMILES string of the molecule is CN1CCN(C(=O)c2cc(CN3CCN(c4ccc(S(=O)(=O)C(F)(F)F)cc4)C3)ccn2)CC1. The zero-order valence-electron chi connectivity index (χ0n) is 18.7. The quantitative estimate of drug-likeness (QED) is 0.626. The number of aromatic nitrogens is 1. The maximum Gasteiger partial charge on any atom is 0.501 e. The Morgan fingerprint density at radius 1 is 1.00 bits per heavy atom. The molecule has 1 aromatic carbocycles. The van der Waals surface area contributed by atoms with E-state index in [1.54, 1.807) is 12.3 Å². The van der Waals surface area contributed by atoms with E-state index in [1.165, 1.54) is 12.1 Å². The lowest BCUT2D eigenvalue weighted by atomic mass is 10.2. The number of piperazine rings is 1. The molecule has 0 atom stereocenters. The molecule has 12 heteroatoms. The molecule has 3 heterocycles. The molecule has 1 aromatic heterocycles. The number of sulfone groups is 1. The Labute approximate surface area is 196 Å². The van der Waals surface area contributed by atoms with Crippen LogP contribution in [0, 0.1) is 0 Å². The van der Waals surface area contributed by atoms with Crippen LogP contribution in [-0.2, 0) is 16.4 Å². The van der Waals surface area contributed by atoms with Crippen molar-refractivity contribution in [2.75, 3.05) is 57.9 Å². The van der Waals surface area contributed by atoms with Gasteiger partial charge in [0.15, 0.2) is 0 Å². The highest BCUT2D eigenvalue weighted by Gasteiger charge is 2.46. The topological polar surface area (TPSA) is 77.1 Å². The highest BCUT2D eigenvalue weighted by molar-refractivity contribution is 7.92. The molecule has 0 saturated carbocycles. The number of carbonyl (C=O) groups excluding carboxylic acids is 1. The van der Waals surface area contributed by atoms with E-state index in [2.05, 4.69) is 14.8 Å². The van der Waals surface area contributed by atoms with Crippen molar-refractivity contribution in [3.05, 3.63) is 53.9 Å². The maximum atomic E-state index is 12.8. The molecule has 2 saturated heterocycles. The van der Waals surface area contributed by atoms with Gasteiger partial charge in [-0.1, -0.05) is 0 Å². The van der Waals surface area contributed by atoms with Gasteiger partial charge in [-0.15, -0.1) is 0 Å². The zero-order valence-corrected chi connectivity index (χ0v) is 19.5. The van der Waals surface area contributed by atoms with Crippen LogP contribution in [0.3, 0.4) is 0 Å². The first kappa shape index (κ1) is 24.4. The van der Waals surface area contributed by atoms with Crippen LogP contribution in [0.4, 0.5) is 18.9 Å². The number of nitrogens with zero attached hydrogens (tertiary/aromatic N) is 5. The summed E-state index contributed by atoms with van der Waals surface area (Å²) in [7, 11) is -3.33. The monoisotopic (exact) mass is 497 g/mol. The molecule has 0 N–H and O–H groups in total. The van der Waals surface area contributed by atoms with E-state index >= 15 is 0 Å². The van der Waals surface area contributed by atoms with Gasteiger partial charge in [-0.2, -0.15) is 13.2 Å². The standard InChI is InChI=1S/C22H26F3N5O3S/c1-27-8-11-29(12-9-27)21(31)20-14-17(6-7-26-20)15-28-10-13-30(16-28)18-2-4-19(5-3-18)34(32,33)22(23,24)25/h2-7,14H,8-13,15-16H2,1H3. The Kier molecular flexibility index (Phi) is 6.83. The summed E-state index contributed by atoms with van der Waals surface area (Å²) >= 11 is 0. The Balaban J connectivity index is 1.37. The van der Waals surface area contributed by atoms with Crippen LogP contribution in [0.1, 0.15) is 16.1 Å². The summed E-state index contributed by atoms with van der Waals surface area (Å²) in [5.74, 6) is -0.0769. The van der Waals surface area contributed by atoms with E-state index in [0.29, 0.717) is 50.8 Å². The van der Waals surface area contributed by atoms with Gasteiger partial charge in [0.05, 0.1) is 11.6 Å². The average molecular weight is 498 g/mol. The smallest absolute Gasteiger partial charge is 0.357 e. The number of benzene rings is 1. The van der Waals surface area contributed by atoms with E-state index in [0.717, 1.165) is 30.8 Å². The van der Waals surface area contributed by atoms with Crippen LogP contribution in [-0.4, -0.2) is 92.5 Å². The van der Waals surface area contributed by atoms with Crippen molar-refractivity contribution in [2.45, 2.75) is 16.9 Å². The van der Waals surface area contributed by atoms with Gasteiger partial charge < -0.3 is 14.7 Å².